The van der Waals surface area contributed by atoms with Crippen molar-refractivity contribution in [1.82, 2.24) is 0 Å². The molecule has 19 heavy (non-hydrogen) atoms. The predicted molar refractivity (Wildman–Crippen MR) is 84.6 cm³/mol. The lowest BCUT2D eigenvalue weighted by Crippen LogP contribution is -2.12. The lowest BCUT2D eigenvalue weighted by molar-refractivity contribution is 0.333. The largest absolute Gasteiger partial charge is 0.492 e. The third-order valence-electron chi connectivity index (χ3n) is 2.45. The molecule has 0 spiro atoms. The van der Waals surface area contributed by atoms with Gasteiger partial charge in [0, 0.05) is 11.0 Å². The molecular formula is C14H12BrCl2NO. The number of hydrogen-bond acceptors (Lipinski definition) is 2. The Morgan fingerprint density at radius 3 is 2.26 bits per heavy atom. The molecule has 2 aromatic carbocycles. The van der Waals surface area contributed by atoms with Crippen molar-refractivity contribution in [3.63, 3.8) is 0 Å². The Hall–Kier alpha value is -0.900. The van der Waals surface area contributed by atoms with Gasteiger partial charge in [0.05, 0.1) is 15.7 Å². The van der Waals surface area contributed by atoms with Crippen LogP contribution in [0.3, 0.4) is 0 Å². The zero-order valence-electron chi connectivity index (χ0n) is 10.00. The number of halogens is 3. The van der Waals surface area contributed by atoms with E-state index in [9.17, 15) is 0 Å². The molecule has 0 atom stereocenters. The number of rotatable bonds is 5. The second-order valence-electron chi connectivity index (χ2n) is 3.83. The fourth-order valence-electron chi connectivity index (χ4n) is 1.54. The molecule has 2 nitrogen and oxygen atoms in total. The summed E-state index contributed by atoms with van der Waals surface area (Å²) in [6.07, 6.45) is 0. The topological polar surface area (TPSA) is 21.3 Å². The fourth-order valence-corrected chi connectivity index (χ4v) is 2.34. The SMILES string of the molecule is Clc1cccc(Cl)c1NCCOc1ccc(Br)cc1. The second kappa shape index (κ2) is 7.04. The van der Waals surface area contributed by atoms with Crippen molar-refractivity contribution in [3.05, 3.63) is 57.0 Å². The Bertz CT molecular complexity index is 525. The summed E-state index contributed by atoms with van der Waals surface area (Å²) in [6.45, 7) is 1.16. The van der Waals surface area contributed by atoms with E-state index in [1.54, 1.807) is 12.1 Å². The van der Waals surface area contributed by atoms with Gasteiger partial charge in [-0.05, 0) is 36.4 Å². The highest BCUT2D eigenvalue weighted by Gasteiger charge is 2.03. The Balaban J connectivity index is 1.82. The van der Waals surface area contributed by atoms with Crippen LogP contribution in [0, 0.1) is 0 Å². The van der Waals surface area contributed by atoms with Crippen molar-refractivity contribution in [2.45, 2.75) is 0 Å². The van der Waals surface area contributed by atoms with Gasteiger partial charge in [-0.3, -0.25) is 0 Å². The normalized spacial score (nSPS) is 10.3. The molecule has 0 unspecified atom stereocenters. The zero-order valence-corrected chi connectivity index (χ0v) is 13.1. The van der Waals surface area contributed by atoms with Crippen LogP contribution in [0.15, 0.2) is 46.9 Å². The summed E-state index contributed by atoms with van der Waals surface area (Å²) in [5, 5.41) is 4.38. The summed E-state index contributed by atoms with van der Waals surface area (Å²) < 4.78 is 6.62. The van der Waals surface area contributed by atoms with Gasteiger partial charge in [-0.1, -0.05) is 45.2 Å². The van der Waals surface area contributed by atoms with Gasteiger partial charge in [0.25, 0.3) is 0 Å². The molecule has 0 aliphatic carbocycles. The number of nitrogens with one attached hydrogen (secondary N) is 1. The van der Waals surface area contributed by atoms with E-state index in [-0.39, 0.29) is 0 Å². The van der Waals surface area contributed by atoms with E-state index in [1.165, 1.54) is 0 Å². The first-order valence-corrected chi connectivity index (χ1v) is 7.28. The molecule has 2 aromatic rings. The highest BCUT2D eigenvalue weighted by Crippen LogP contribution is 2.29. The van der Waals surface area contributed by atoms with E-state index in [2.05, 4.69) is 21.2 Å². The highest BCUT2D eigenvalue weighted by atomic mass is 79.9. The summed E-state index contributed by atoms with van der Waals surface area (Å²) in [4.78, 5) is 0. The Kier molecular flexibility index (Phi) is 5.37. The van der Waals surface area contributed by atoms with Crippen LogP contribution in [0.25, 0.3) is 0 Å². The maximum absolute atomic E-state index is 6.05. The van der Waals surface area contributed by atoms with Crippen LogP contribution in [0.1, 0.15) is 0 Å². The van der Waals surface area contributed by atoms with Gasteiger partial charge in [-0.2, -0.15) is 0 Å². The van der Waals surface area contributed by atoms with Crippen LogP contribution in [0.2, 0.25) is 10.0 Å². The first kappa shape index (κ1) is 14.5. The lowest BCUT2D eigenvalue weighted by atomic mass is 10.3. The Morgan fingerprint density at radius 2 is 1.63 bits per heavy atom. The number of hydrogen-bond donors (Lipinski definition) is 1. The number of para-hydroxylation sites is 1. The number of ether oxygens (including phenoxy) is 1. The van der Waals surface area contributed by atoms with E-state index < -0.39 is 0 Å². The van der Waals surface area contributed by atoms with E-state index >= 15 is 0 Å². The first-order chi connectivity index (χ1) is 9.16. The zero-order chi connectivity index (χ0) is 13.7. The standard InChI is InChI=1S/C14H12BrCl2NO/c15-10-4-6-11(7-5-10)19-9-8-18-14-12(16)2-1-3-13(14)17/h1-7,18H,8-9H2. The van der Waals surface area contributed by atoms with Crippen molar-refractivity contribution in [1.29, 1.82) is 0 Å². The maximum Gasteiger partial charge on any atom is 0.119 e. The monoisotopic (exact) mass is 359 g/mol. The smallest absolute Gasteiger partial charge is 0.119 e. The Morgan fingerprint density at radius 1 is 1.00 bits per heavy atom. The van der Waals surface area contributed by atoms with Gasteiger partial charge in [0.1, 0.15) is 12.4 Å². The van der Waals surface area contributed by atoms with Crippen molar-refractivity contribution < 1.29 is 4.74 Å². The molecular weight excluding hydrogens is 349 g/mol. The molecule has 0 amide bonds. The average molecular weight is 361 g/mol. The summed E-state index contributed by atoms with van der Waals surface area (Å²) in [5.41, 5.74) is 0.741. The molecule has 0 heterocycles. The molecule has 1 N–H and O–H groups in total. The summed E-state index contributed by atoms with van der Waals surface area (Å²) >= 11 is 15.5. The van der Waals surface area contributed by atoms with Crippen molar-refractivity contribution >= 4 is 44.8 Å². The molecule has 100 valence electrons. The van der Waals surface area contributed by atoms with Gasteiger partial charge in [-0.25, -0.2) is 0 Å². The van der Waals surface area contributed by atoms with Gasteiger partial charge in [0.15, 0.2) is 0 Å². The van der Waals surface area contributed by atoms with Crippen LogP contribution in [0.4, 0.5) is 5.69 Å². The van der Waals surface area contributed by atoms with E-state index in [4.69, 9.17) is 27.9 Å². The highest BCUT2D eigenvalue weighted by molar-refractivity contribution is 9.10. The fraction of sp³-hybridized carbons (Fsp3) is 0.143. The molecule has 0 fully saturated rings. The molecule has 0 saturated heterocycles. The predicted octanol–water partition coefficient (Wildman–Crippen LogP) is 5.25. The Labute approximate surface area is 130 Å². The van der Waals surface area contributed by atoms with Crippen LogP contribution < -0.4 is 10.1 Å². The van der Waals surface area contributed by atoms with Gasteiger partial charge >= 0.3 is 0 Å². The minimum Gasteiger partial charge on any atom is -0.492 e. The minimum absolute atomic E-state index is 0.531. The van der Waals surface area contributed by atoms with Crippen LogP contribution in [0.5, 0.6) is 5.75 Å². The quantitative estimate of drug-likeness (QED) is 0.735. The van der Waals surface area contributed by atoms with Crippen molar-refractivity contribution in [2.75, 3.05) is 18.5 Å². The van der Waals surface area contributed by atoms with E-state index in [0.29, 0.717) is 23.2 Å². The summed E-state index contributed by atoms with van der Waals surface area (Å²) in [5.74, 6) is 0.829. The number of anilines is 1. The van der Waals surface area contributed by atoms with Crippen molar-refractivity contribution in [3.8, 4) is 5.75 Å². The maximum atomic E-state index is 6.05. The van der Waals surface area contributed by atoms with E-state index in [0.717, 1.165) is 15.9 Å². The summed E-state index contributed by atoms with van der Waals surface area (Å²) in [7, 11) is 0. The van der Waals surface area contributed by atoms with Crippen LogP contribution in [-0.2, 0) is 0 Å². The molecule has 0 aliphatic heterocycles. The second-order valence-corrected chi connectivity index (χ2v) is 5.56. The van der Waals surface area contributed by atoms with Crippen LogP contribution in [-0.4, -0.2) is 13.2 Å². The molecule has 2 rings (SSSR count). The van der Waals surface area contributed by atoms with Crippen LogP contribution >= 0.6 is 39.1 Å². The molecule has 0 aliphatic rings. The summed E-state index contributed by atoms with van der Waals surface area (Å²) in [6, 6.07) is 13.1. The molecule has 0 aromatic heterocycles. The number of benzene rings is 2. The molecule has 0 radical (unpaired) electrons. The molecule has 5 heteroatoms. The van der Waals surface area contributed by atoms with Gasteiger partial charge in [0.2, 0.25) is 0 Å². The third kappa shape index (κ3) is 4.30. The van der Waals surface area contributed by atoms with Crippen molar-refractivity contribution in [2.24, 2.45) is 0 Å². The first-order valence-electron chi connectivity index (χ1n) is 5.73. The van der Waals surface area contributed by atoms with Gasteiger partial charge in [-0.15, -0.1) is 0 Å². The third-order valence-corrected chi connectivity index (χ3v) is 3.61. The molecule has 0 bridgehead atoms. The van der Waals surface area contributed by atoms with E-state index in [1.807, 2.05) is 30.3 Å². The molecule has 0 saturated carbocycles. The average Bonchev–Trinajstić information content (AvgIpc) is 2.39. The van der Waals surface area contributed by atoms with Gasteiger partial charge < -0.3 is 10.1 Å². The minimum atomic E-state index is 0.531. The lowest BCUT2D eigenvalue weighted by Gasteiger charge is -2.11.